The number of hydrogen-bond donors (Lipinski definition) is 4. The Hall–Kier alpha value is -1.83. The lowest BCUT2D eigenvalue weighted by atomic mass is 10.1. The number of carboxylic acids is 1. The van der Waals surface area contributed by atoms with E-state index in [0.717, 1.165) is 6.42 Å². The van der Waals surface area contributed by atoms with E-state index in [1.54, 1.807) is 0 Å². The van der Waals surface area contributed by atoms with Crippen molar-refractivity contribution in [1.29, 1.82) is 0 Å². The Morgan fingerprint density at radius 3 is 2.90 bits per heavy atom. The Morgan fingerprint density at radius 1 is 1.55 bits per heavy atom. The highest BCUT2D eigenvalue weighted by Gasteiger charge is 2.25. The third-order valence-corrected chi connectivity index (χ3v) is 3.04. The number of amides is 3. The third kappa shape index (κ3) is 5.43. The molecule has 0 aromatic carbocycles. The minimum absolute atomic E-state index is 0.238. The average Bonchev–Trinajstić information content (AvgIpc) is 2.40. The smallest absolute Gasteiger partial charge is 0.326 e. The van der Waals surface area contributed by atoms with Crippen LogP contribution in [0.1, 0.15) is 25.7 Å². The van der Waals surface area contributed by atoms with Crippen molar-refractivity contribution in [1.82, 2.24) is 16.0 Å². The molecule has 3 amide bonds. The first-order valence-electron chi connectivity index (χ1n) is 6.61. The molecule has 0 radical (unpaired) electrons. The van der Waals surface area contributed by atoms with Gasteiger partial charge in [-0.05, 0) is 25.7 Å². The fourth-order valence-electron chi connectivity index (χ4n) is 1.96. The molecule has 0 aromatic heterocycles. The average molecular weight is 287 g/mol. The van der Waals surface area contributed by atoms with Gasteiger partial charge in [-0.2, -0.15) is 0 Å². The maximum Gasteiger partial charge on any atom is 0.326 e. The van der Waals surface area contributed by atoms with Gasteiger partial charge in [0.1, 0.15) is 12.1 Å². The molecule has 1 aliphatic heterocycles. The monoisotopic (exact) mass is 287 g/mol. The molecule has 2 unspecified atom stereocenters. The quantitative estimate of drug-likeness (QED) is 0.468. The van der Waals surface area contributed by atoms with E-state index in [1.165, 1.54) is 7.11 Å². The molecular formula is C12H21N3O5. The van der Waals surface area contributed by atoms with Gasteiger partial charge in [-0.1, -0.05) is 0 Å². The first-order valence-corrected chi connectivity index (χ1v) is 6.61. The first-order chi connectivity index (χ1) is 9.54. The zero-order valence-corrected chi connectivity index (χ0v) is 11.5. The van der Waals surface area contributed by atoms with E-state index in [-0.39, 0.29) is 12.3 Å². The Morgan fingerprint density at radius 2 is 2.30 bits per heavy atom. The van der Waals surface area contributed by atoms with Gasteiger partial charge < -0.3 is 25.8 Å². The van der Waals surface area contributed by atoms with Crippen molar-refractivity contribution >= 4 is 17.9 Å². The molecule has 4 N–H and O–H groups in total. The number of rotatable bonds is 7. The molecule has 0 spiro atoms. The standard InChI is InChI=1S/C12H21N3O5/c1-20-7-3-5-9(11(17)18)15-12(19)14-8-4-2-6-13-10(8)16/h8-9H,2-7H2,1H3,(H,13,16)(H,17,18)(H2,14,15,19). The molecule has 0 saturated carbocycles. The highest BCUT2D eigenvalue weighted by molar-refractivity contribution is 5.89. The zero-order chi connectivity index (χ0) is 15.0. The Kier molecular flexibility index (Phi) is 6.78. The van der Waals surface area contributed by atoms with E-state index in [9.17, 15) is 14.4 Å². The van der Waals surface area contributed by atoms with Crippen LogP contribution in [0.4, 0.5) is 4.79 Å². The van der Waals surface area contributed by atoms with E-state index in [4.69, 9.17) is 9.84 Å². The van der Waals surface area contributed by atoms with Crippen molar-refractivity contribution in [2.45, 2.75) is 37.8 Å². The number of aliphatic carboxylic acids is 1. The Bertz CT molecular complexity index is 361. The van der Waals surface area contributed by atoms with Gasteiger partial charge in [0, 0.05) is 20.3 Å². The third-order valence-electron chi connectivity index (χ3n) is 3.04. The molecule has 1 rings (SSSR count). The van der Waals surface area contributed by atoms with Crippen LogP contribution in [-0.2, 0) is 14.3 Å². The Balaban J connectivity index is 2.40. The van der Waals surface area contributed by atoms with Crippen LogP contribution in [0, 0.1) is 0 Å². The summed E-state index contributed by atoms with van der Waals surface area (Å²) in [5, 5.41) is 16.5. The summed E-state index contributed by atoms with van der Waals surface area (Å²) in [5.41, 5.74) is 0. The fraction of sp³-hybridized carbons (Fsp3) is 0.750. The summed E-state index contributed by atoms with van der Waals surface area (Å²) in [7, 11) is 1.53. The molecule has 0 aromatic rings. The molecule has 1 fully saturated rings. The van der Waals surface area contributed by atoms with E-state index in [0.29, 0.717) is 26.0 Å². The maximum atomic E-state index is 11.7. The van der Waals surface area contributed by atoms with Gasteiger partial charge in [0.2, 0.25) is 5.91 Å². The van der Waals surface area contributed by atoms with Crippen LogP contribution in [0.3, 0.4) is 0 Å². The van der Waals surface area contributed by atoms with E-state index >= 15 is 0 Å². The lowest BCUT2D eigenvalue weighted by Crippen LogP contribution is -2.55. The number of ether oxygens (including phenoxy) is 1. The summed E-state index contributed by atoms with van der Waals surface area (Å²) in [5.74, 6) is -1.35. The molecule has 8 heteroatoms. The summed E-state index contributed by atoms with van der Waals surface area (Å²) in [6, 6.07) is -2.23. The van der Waals surface area contributed by atoms with Gasteiger partial charge >= 0.3 is 12.0 Å². The molecule has 8 nitrogen and oxygen atoms in total. The number of methoxy groups -OCH3 is 1. The number of piperidine rings is 1. The number of carbonyl (C=O) groups is 3. The summed E-state index contributed by atoms with van der Waals surface area (Å²) in [6.45, 7) is 1.03. The van der Waals surface area contributed by atoms with E-state index < -0.39 is 24.1 Å². The fourth-order valence-corrected chi connectivity index (χ4v) is 1.96. The topological polar surface area (TPSA) is 117 Å². The van der Waals surface area contributed by atoms with Crippen molar-refractivity contribution in [3.63, 3.8) is 0 Å². The molecule has 1 aliphatic rings. The summed E-state index contributed by atoms with van der Waals surface area (Å²) in [4.78, 5) is 34.2. The molecular weight excluding hydrogens is 266 g/mol. The van der Waals surface area contributed by atoms with Crippen LogP contribution in [0.2, 0.25) is 0 Å². The minimum Gasteiger partial charge on any atom is -0.480 e. The SMILES string of the molecule is COCCCC(NC(=O)NC1CCCNC1=O)C(=O)O. The Labute approximate surface area is 117 Å². The number of carbonyl (C=O) groups excluding carboxylic acids is 2. The second-order valence-corrected chi connectivity index (χ2v) is 4.63. The summed E-state index contributed by atoms with van der Waals surface area (Å²) < 4.78 is 4.84. The highest BCUT2D eigenvalue weighted by Crippen LogP contribution is 2.03. The molecule has 114 valence electrons. The second kappa shape index (κ2) is 8.36. The minimum atomic E-state index is -1.11. The van der Waals surface area contributed by atoms with Gasteiger partial charge in [0.05, 0.1) is 0 Å². The lowest BCUT2D eigenvalue weighted by Gasteiger charge is -2.24. The number of carboxylic acid groups (broad SMARTS) is 1. The van der Waals surface area contributed by atoms with Gasteiger partial charge in [0.15, 0.2) is 0 Å². The number of urea groups is 1. The second-order valence-electron chi connectivity index (χ2n) is 4.63. The molecule has 1 saturated heterocycles. The van der Waals surface area contributed by atoms with Gasteiger partial charge in [-0.3, -0.25) is 4.79 Å². The largest absolute Gasteiger partial charge is 0.480 e. The molecule has 20 heavy (non-hydrogen) atoms. The van der Waals surface area contributed by atoms with Gasteiger partial charge in [-0.25, -0.2) is 9.59 Å². The van der Waals surface area contributed by atoms with Gasteiger partial charge in [-0.15, -0.1) is 0 Å². The molecule has 0 aliphatic carbocycles. The number of hydrogen-bond acceptors (Lipinski definition) is 4. The summed E-state index contributed by atoms with van der Waals surface area (Å²) in [6.07, 6.45) is 2.14. The highest BCUT2D eigenvalue weighted by atomic mass is 16.5. The molecule has 1 heterocycles. The van der Waals surface area contributed by atoms with E-state index in [2.05, 4.69) is 16.0 Å². The van der Waals surface area contributed by atoms with Gasteiger partial charge in [0.25, 0.3) is 0 Å². The first kappa shape index (κ1) is 16.2. The van der Waals surface area contributed by atoms with Crippen LogP contribution >= 0.6 is 0 Å². The maximum absolute atomic E-state index is 11.7. The van der Waals surface area contributed by atoms with Crippen LogP contribution in [0.25, 0.3) is 0 Å². The molecule has 0 bridgehead atoms. The van der Waals surface area contributed by atoms with Crippen molar-refractivity contribution < 1.29 is 24.2 Å². The van der Waals surface area contributed by atoms with Crippen molar-refractivity contribution in [2.24, 2.45) is 0 Å². The lowest BCUT2D eigenvalue weighted by molar-refractivity contribution is -0.139. The molecule has 2 atom stereocenters. The van der Waals surface area contributed by atoms with Crippen LogP contribution in [-0.4, -0.2) is 55.4 Å². The van der Waals surface area contributed by atoms with E-state index in [1.807, 2.05) is 0 Å². The van der Waals surface area contributed by atoms with Crippen LogP contribution < -0.4 is 16.0 Å². The van der Waals surface area contributed by atoms with Crippen molar-refractivity contribution in [3.05, 3.63) is 0 Å². The van der Waals surface area contributed by atoms with Crippen molar-refractivity contribution in [2.75, 3.05) is 20.3 Å². The summed E-state index contributed by atoms with van der Waals surface area (Å²) >= 11 is 0. The normalized spacial score (nSPS) is 19.9. The van der Waals surface area contributed by atoms with Crippen LogP contribution in [0.5, 0.6) is 0 Å². The zero-order valence-electron chi connectivity index (χ0n) is 11.5. The predicted molar refractivity (Wildman–Crippen MR) is 70.2 cm³/mol. The van der Waals surface area contributed by atoms with Crippen molar-refractivity contribution in [3.8, 4) is 0 Å². The number of nitrogens with one attached hydrogen (secondary N) is 3. The predicted octanol–water partition coefficient (Wildman–Crippen LogP) is -0.556. The van der Waals surface area contributed by atoms with Crippen LogP contribution in [0.15, 0.2) is 0 Å².